The molecule has 1 atom stereocenters. The third kappa shape index (κ3) is 4.75. The van der Waals surface area contributed by atoms with E-state index in [1.165, 1.54) is 14.0 Å². The lowest BCUT2D eigenvalue weighted by atomic mass is 10.1. The number of aromatic amines is 1. The highest BCUT2D eigenvalue weighted by atomic mass is 35.5. The van der Waals surface area contributed by atoms with Gasteiger partial charge < -0.3 is 14.8 Å². The Bertz CT molecular complexity index is 1030. The second kappa shape index (κ2) is 8.79. The lowest BCUT2D eigenvalue weighted by Gasteiger charge is -2.15. The van der Waals surface area contributed by atoms with E-state index in [2.05, 4.69) is 15.5 Å². The summed E-state index contributed by atoms with van der Waals surface area (Å²) in [5, 5.41) is 9.96. The van der Waals surface area contributed by atoms with Gasteiger partial charge in [0.2, 0.25) is 0 Å². The average Bonchev–Trinajstić information content (AvgIpc) is 3.21. The van der Waals surface area contributed by atoms with Crippen LogP contribution in [0.1, 0.15) is 23.0 Å². The van der Waals surface area contributed by atoms with Crippen LogP contribution in [0.2, 0.25) is 5.02 Å². The molecule has 0 fully saturated rings. The highest BCUT2D eigenvalue weighted by Crippen LogP contribution is 2.31. The summed E-state index contributed by atoms with van der Waals surface area (Å²) in [6.07, 6.45) is -1.04. The molecule has 0 unspecified atom stereocenters. The van der Waals surface area contributed by atoms with E-state index in [4.69, 9.17) is 21.1 Å². The highest BCUT2D eigenvalue weighted by molar-refractivity contribution is 6.31. The smallest absolute Gasteiger partial charge is 0.357 e. The van der Waals surface area contributed by atoms with Crippen LogP contribution >= 0.6 is 11.6 Å². The molecule has 0 saturated heterocycles. The molecule has 0 aliphatic rings. The summed E-state index contributed by atoms with van der Waals surface area (Å²) in [5.74, 6) is -0.767. The minimum absolute atomic E-state index is 0.156. The molecule has 150 valence electrons. The van der Waals surface area contributed by atoms with Crippen molar-refractivity contribution in [1.29, 1.82) is 0 Å². The van der Waals surface area contributed by atoms with Gasteiger partial charge in [0.1, 0.15) is 11.4 Å². The molecule has 2 aromatic carbocycles. The summed E-state index contributed by atoms with van der Waals surface area (Å²) in [5.41, 5.74) is 2.84. The second-order valence-corrected chi connectivity index (χ2v) is 6.78. The van der Waals surface area contributed by atoms with Gasteiger partial charge >= 0.3 is 5.97 Å². The van der Waals surface area contributed by atoms with E-state index in [1.807, 2.05) is 37.3 Å². The zero-order valence-corrected chi connectivity index (χ0v) is 16.9. The molecule has 3 rings (SSSR count). The Balaban J connectivity index is 1.66. The van der Waals surface area contributed by atoms with E-state index in [9.17, 15) is 9.59 Å². The number of amides is 1. The Hall–Kier alpha value is -3.32. The van der Waals surface area contributed by atoms with E-state index in [0.29, 0.717) is 22.2 Å². The van der Waals surface area contributed by atoms with E-state index >= 15 is 0 Å². The van der Waals surface area contributed by atoms with Crippen molar-refractivity contribution < 1.29 is 19.1 Å². The highest BCUT2D eigenvalue weighted by Gasteiger charge is 2.22. The molecule has 7 nitrogen and oxygen atoms in total. The number of nitrogens with zero attached hydrogens (tertiary/aromatic N) is 1. The van der Waals surface area contributed by atoms with Gasteiger partial charge in [0.05, 0.1) is 18.5 Å². The number of halogens is 1. The first kappa shape index (κ1) is 20.4. The fourth-order valence-electron chi connectivity index (χ4n) is 2.62. The number of hydrogen-bond donors (Lipinski definition) is 2. The van der Waals surface area contributed by atoms with Gasteiger partial charge in [-0.25, -0.2) is 4.79 Å². The maximum Gasteiger partial charge on any atom is 0.357 e. The normalized spacial score (nSPS) is 11.6. The van der Waals surface area contributed by atoms with Crippen LogP contribution in [0.4, 0.5) is 5.69 Å². The van der Waals surface area contributed by atoms with Crippen LogP contribution in [0, 0.1) is 6.92 Å². The average molecular weight is 414 g/mol. The van der Waals surface area contributed by atoms with E-state index in [0.717, 1.165) is 11.1 Å². The predicted molar refractivity (Wildman–Crippen MR) is 110 cm³/mol. The number of anilines is 1. The maximum absolute atomic E-state index is 12.5. The monoisotopic (exact) mass is 413 g/mol. The third-order valence-electron chi connectivity index (χ3n) is 4.26. The van der Waals surface area contributed by atoms with Gasteiger partial charge in [-0.2, -0.15) is 5.10 Å². The largest absolute Gasteiger partial charge is 0.495 e. The summed E-state index contributed by atoms with van der Waals surface area (Å²) >= 11 is 6.08. The minimum atomic E-state index is -1.04. The van der Waals surface area contributed by atoms with Crippen LogP contribution in [0.15, 0.2) is 48.5 Å². The van der Waals surface area contributed by atoms with E-state index in [-0.39, 0.29) is 5.69 Å². The van der Waals surface area contributed by atoms with Gasteiger partial charge in [-0.15, -0.1) is 0 Å². The fraction of sp³-hybridized carbons (Fsp3) is 0.190. The molecule has 0 bridgehead atoms. The summed E-state index contributed by atoms with van der Waals surface area (Å²) in [6, 6.07) is 14.3. The molecule has 3 aromatic rings. The first-order chi connectivity index (χ1) is 13.9. The van der Waals surface area contributed by atoms with Crippen LogP contribution in [0.25, 0.3) is 11.3 Å². The van der Waals surface area contributed by atoms with Crippen molar-refractivity contribution >= 4 is 29.2 Å². The SMILES string of the molecule is COc1cc(Cl)c(C)cc1NC(=O)[C@H](C)OC(=O)c1cc(-c2ccccc2)n[nH]1. The molecule has 2 N–H and O–H groups in total. The Morgan fingerprint density at radius 1 is 1.17 bits per heavy atom. The third-order valence-corrected chi connectivity index (χ3v) is 4.67. The Morgan fingerprint density at radius 2 is 1.90 bits per heavy atom. The van der Waals surface area contributed by atoms with Crippen molar-refractivity contribution in [3.63, 3.8) is 0 Å². The number of ether oxygens (including phenoxy) is 2. The van der Waals surface area contributed by atoms with Crippen molar-refractivity contribution in [1.82, 2.24) is 10.2 Å². The zero-order chi connectivity index (χ0) is 21.0. The lowest BCUT2D eigenvalue weighted by Crippen LogP contribution is -2.30. The molecular weight excluding hydrogens is 394 g/mol. The van der Waals surface area contributed by atoms with Gasteiger partial charge in [0.15, 0.2) is 6.10 Å². The predicted octanol–water partition coefficient (Wildman–Crippen LogP) is 4.23. The van der Waals surface area contributed by atoms with Gasteiger partial charge in [-0.3, -0.25) is 9.89 Å². The molecule has 0 radical (unpaired) electrons. The number of H-pyrrole nitrogens is 1. The number of methoxy groups -OCH3 is 1. The number of nitrogens with one attached hydrogen (secondary N) is 2. The Kier molecular flexibility index (Phi) is 6.19. The molecule has 0 spiro atoms. The molecule has 29 heavy (non-hydrogen) atoms. The molecule has 1 heterocycles. The lowest BCUT2D eigenvalue weighted by molar-refractivity contribution is -0.123. The molecule has 0 aliphatic heterocycles. The fourth-order valence-corrected chi connectivity index (χ4v) is 2.78. The van der Waals surface area contributed by atoms with Crippen LogP contribution in [-0.2, 0) is 9.53 Å². The molecule has 1 aromatic heterocycles. The summed E-state index contributed by atoms with van der Waals surface area (Å²) in [7, 11) is 1.47. The van der Waals surface area contributed by atoms with Crippen LogP contribution in [0.3, 0.4) is 0 Å². The quantitative estimate of drug-likeness (QED) is 0.590. The Labute approximate surface area is 173 Å². The Morgan fingerprint density at radius 3 is 2.59 bits per heavy atom. The molecule has 0 aliphatic carbocycles. The number of benzene rings is 2. The standard InChI is InChI=1S/C21H20ClN3O4/c1-12-9-17(19(28-3)10-15(12)22)23-20(26)13(2)29-21(27)18-11-16(24-25-18)14-7-5-4-6-8-14/h4-11,13H,1-3H3,(H,23,26)(H,24,25)/t13-/m0/s1. The second-order valence-electron chi connectivity index (χ2n) is 6.37. The van der Waals surface area contributed by atoms with Crippen molar-refractivity contribution in [3.8, 4) is 17.0 Å². The van der Waals surface area contributed by atoms with Crippen molar-refractivity contribution in [2.45, 2.75) is 20.0 Å². The molecular formula is C21H20ClN3O4. The van der Waals surface area contributed by atoms with Gasteiger partial charge in [-0.1, -0.05) is 41.9 Å². The number of hydrogen-bond acceptors (Lipinski definition) is 5. The summed E-state index contributed by atoms with van der Waals surface area (Å²) in [4.78, 5) is 24.8. The van der Waals surface area contributed by atoms with Gasteiger partial charge in [-0.05, 0) is 31.5 Å². The minimum Gasteiger partial charge on any atom is -0.495 e. The number of rotatable bonds is 6. The molecule has 1 amide bonds. The number of carbonyl (C=O) groups is 2. The van der Waals surface area contributed by atoms with Crippen molar-refractivity contribution in [2.24, 2.45) is 0 Å². The first-order valence-electron chi connectivity index (χ1n) is 8.86. The van der Waals surface area contributed by atoms with Crippen LogP contribution < -0.4 is 10.1 Å². The van der Waals surface area contributed by atoms with Crippen molar-refractivity contribution in [2.75, 3.05) is 12.4 Å². The first-order valence-corrected chi connectivity index (χ1v) is 9.23. The topological polar surface area (TPSA) is 93.3 Å². The van der Waals surface area contributed by atoms with Crippen molar-refractivity contribution in [3.05, 3.63) is 64.8 Å². The van der Waals surface area contributed by atoms with E-state index in [1.54, 1.807) is 18.2 Å². The maximum atomic E-state index is 12.5. The number of esters is 1. The molecule has 0 saturated carbocycles. The summed E-state index contributed by atoms with van der Waals surface area (Å²) < 4.78 is 10.5. The van der Waals surface area contributed by atoms with Gasteiger partial charge in [0.25, 0.3) is 5.91 Å². The zero-order valence-electron chi connectivity index (χ0n) is 16.2. The summed E-state index contributed by atoms with van der Waals surface area (Å²) in [6.45, 7) is 3.29. The number of aryl methyl sites for hydroxylation is 1. The van der Waals surface area contributed by atoms with E-state index < -0.39 is 18.0 Å². The number of aromatic nitrogens is 2. The molecule has 8 heteroatoms. The number of carbonyl (C=O) groups excluding carboxylic acids is 2. The van der Waals surface area contributed by atoms with Gasteiger partial charge in [0, 0.05) is 16.7 Å². The van der Waals surface area contributed by atoms with Crippen LogP contribution in [-0.4, -0.2) is 35.3 Å². The van der Waals surface area contributed by atoms with Crippen LogP contribution in [0.5, 0.6) is 5.75 Å².